The van der Waals surface area contributed by atoms with Gasteiger partial charge in [-0.15, -0.1) is 0 Å². The van der Waals surface area contributed by atoms with Gasteiger partial charge in [0.25, 0.3) is 5.12 Å². The maximum Gasteiger partial charge on any atom is 0.307 e. The Balaban J connectivity index is 2.70. The summed E-state index contributed by atoms with van der Waals surface area (Å²) in [7, 11) is 0. The van der Waals surface area contributed by atoms with Crippen LogP contribution in [0, 0.1) is 6.92 Å². The van der Waals surface area contributed by atoms with Crippen molar-refractivity contribution in [2.75, 3.05) is 12.3 Å². The zero-order chi connectivity index (χ0) is 9.14. The molecular formula is C7H8NO3S. The van der Waals surface area contributed by atoms with Gasteiger partial charge < -0.3 is 0 Å². The normalized spacial score (nSPS) is 18.2. The van der Waals surface area contributed by atoms with Crippen LogP contribution < -0.4 is 0 Å². The fourth-order valence-electron chi connectivity index (χ4n) is 0.876. The van der Waals surface area contributed by atoms with E-state index in [0.717, 1.165) is 16.7 Å². The number of carbonyl (C=O) groups is 3. The van der Waals surface area contributed by atoms with E-state index in [1.54, 1.807) is 0 Å². The third-order valence-corrected chi connectivity index (χ3v) is 2.31. The van der Waals surface area contributed by atoms with Gasteiger partial charge in [-0.25, -0.2) is 0 Å². The van der Waals surface area contributed by atoms with Crippen LogP contribution in [0.2, 0.25) is 0 Å². The molecule has 1 saturated heterocycles. The Morgan fingerprint density at radius 2 is 2.25 bits per heavy atom. The fraction of sp³-hybridized carbons (Fsp3) is 0.429. The van der Waals surface area contributed by atoms with Gasteiger partial charge in [-0.3, -0.25) is 19.3 Å². The summed E-state index contributed by atoms with van der Waals surface area (Å²) >= 11 is 0.955. The summed E-state index contributed by atoms with van der Waals surface area (Å²) in [6.07, 6.45) is 0.0175. The van der Waals surface area contributed by atoms with Crippen LogP contribution in [0.25, 0.3) is 0 Å². The molecule has 1 aliphatic heterocycles. The summed E-state index contributed by atoms with van der Waals surface area (Å²) in [5.41, 5.74) is 0. The molecule has 1 fully saturated rings. The van der Waals surface area contributed by atoms with E-state index in [9.17, 15) is 14.4 Å². The Kier molecular flexibility index (Phi) is 2.86. The first-order valence-electron chi connectivity index (χ1n) is 3.47. The zero-order valence-electron chi connectivity index (χ0n) is 6.41. The monoisotopic (exact) mass is 186 g/mol. The molecule has 1 aliphatic rings. The van der Waals surface area contributed by atoms with Gasteiger partial charge in [0, 0.05) is 18.7 Å². The van der Waals surface area contributed by atoms with Crippen molar-refractivity contribution in [1.82, 2.24) is 4.90 Å². The summed E-state index contributed by atoms with van der Waals surface area (Å²) in [5, 5.41) is -0.553. The summed E-state index contributed by atoms with van der Waals surface area (Å²) < 4.78 is 0. The van der Waals surface area contributed by atoms with E-state index in [0.29, 0.717) is 12.3 Å². The molecule has 65 valence electrons. The average Bonchev–Trinajstić information content (AvgIpc) is 2.08. The number of carbonyl (C=O) groups excluding carboxylic acids is 3. The van der Waals surface area contributed by atoms with Crippen LogP contribution in [0.5, 0.6) is 0 Å². The van der Waals surface area contributed by atoms with Crippen molar-refractivity contribution in [2.45, 2.75) is 6.42 Å². The van der Waals surface area contributed by atoms with Crippen LogP contribution in [0.15, 0.2) is 0 Å². The molecule has 0 aromatic heterocycles. The summed E-state index contributed by atoms with van der Waals surface area (Å²) in [4.78, 5) is 33.8. The second kappa shape index (κ2) is 3.71. The highest BCUT2D eigenvalue weighted by atomic mass is 32.2. The smallest absolute Gasteiger partial charge is 0.276 e. The first-order chi connectivity index (χ1) is 5.66. The molecule has 2 amide bonds. The van der Waals surface area contributed by atoms with Crippen LogP contribution in [-0.2, 0) is 14.4 Å². The second-order valence-corrected chi connectivity index (χ2v) is 3.30. The predicted molar refractivity (Wildman–Crippen MR) is 44.2 cm³/mol. The van der Waals surface area contributed by atoms with Gasteiger partial charge in [0.2, 0.25) is 5.91 Å². The molecular weight excluding hydrogens is 178 g/mol. The number of hydrogen-bond donors (Lipinski definition) is 0. The lowest BCUT2D eigenvalue weighted by Crippen LogP contribution is -2.44. The highest BCUT2D eigenvalue weighted by Gasteiger charge is 2.30. The topological polar surface area (TPSA) is 54.5 Å². The largest absolute Gasteiger partial charge is 0.307 e. The molecule has 0 atom stereocenters. The van der Waals surface area contributed by atoms with E-state index >= 15 is 0 Å². The second-order valence-electron chi connectivity index (χ2n) is 2.24. The molecule has 0 aliphatic carbocycles. The van der Waals surface area contributed by atoms with Crippen molar-refractivity contribution < 1.29 is 14.4 Å². The van der Waals surface area contributed by atoms with Crippen molar-refractivity contribution in [3.8, 4) is 0 Å². The molecule has 0 unspecified atom stereocenters. The van der Waals surface area contributed by atoms with Crippen molar-refractivity contribution >= 4 is 28.7 Å². The number of hydrogen-bond acceptors (Lipinski definition) is 4. The lowest BCUT2D eigenvalue weighted by Gasteiger charge is -2.22. The van der Waals surface area contributed by atoms with Gasteiger partial charge in [0.1, 0.15) is 0 Å². The van der Waals surface area contributed by atoms with Gasteiger partial charge in [0.15, 0.2) is 0 Å². The molecule has 12 heavy (non-hydrogen) atoms. The minimum atomic E-state index is -0.708. The van der Waals surface area contributed by atoms with E-state index in [1.807, 2.05) is 0 Å². The first-order valence-corrected chi connectivity index (χ1v) is 4.46. The minimum Gasteiger partial charge on any atom is -0.276 e. The Labute approximate surface area is 74.3 Å². The molecule has 1 radical (unpaired) electrons. The fourth-order valence-corrected chi connectivity index (χ4v) is 1.57. The molecule has 1 heterocycles. The first kappa shape index (κ1) is 9.25. The predicted octanol–water partition coefficient (Wildman–Crippen LogP) is -0.161. The van der Waals surface area contributed by atoms with E-state index in [2.05, 4.69) is 6.92 Å². The molecule has 0 saturated carbocycles. The minimum absolute atomic E-state index is 0.0175. The van der Waals surface area contributed by atoms with Gasteiger partial charge in [0.05, 0.1) is 0 Å². The summed E-state index contributed by atoms with van der Waals surface area (Å²) in [6, 6.07) is 0. The lowest BCUT2D eigenvalue weighted by atomic mass is 10.3. The van der Waals surface area contributed by atoms with Crippen LogP contribution >= 0.6 is 11.8 Å². The Hall–Kier alpha value is -0.840. The van der Waals surface area contributed by atoms with Gasteiger partial charge in [-0.2, -0.15) is 0 Å². The molecule has 0 N–H and O–H groups in total. The third kappa shape index (κ3) is 1.66. The van der Waals surface area contributed by atoms with Crippen LogP contribution in [-0.4, -0.2) is 34.1 Å². The molecule has 1 rings (SSSR count). The number of amides is 2. The molecule has 0 spiro atoms. The summed E-state index contributed by atoms with van der Waals surface area (Å²) in [5.74, 6) is -0.593. The van der Waals surface area contributed by atoms with E-state index in [-0.39, 0.29) is 12.3 Å². The molecule has 0 aromatic rings. The van der Waals surface area contributed by atoms with E-state index in [1.165, 1.54) is 0 Å². The van der Waals surface area contributed by atoms with E-state index in [4.69, 9.17) is 0 Å². The van der Waals surface area contributed by atoms with Crippen molar-refractivity contribution in [1.29, 1.82) is 0 Å². The molecule has 4 nitrogen and oxygen atoms in total. The van der Waals surface area contributed by atoms with E-state index < -0.39 is 11.0 Å². The van der Waals surface area contributed by atoms with Crippen LogP contribution in [0.1, 0.15) is 6.42 Å². The Morgan fingerprint density at radius 3 is 2.83 bits per heavy atom. The van der Waals surface area contributed by atoms with Crippen LogP contribution in [0.3, 0.4) is 0 Å². The highest BCUT2D eigenvalue weighted by Crippen LogP contribution is 2.13. The number of thioether (sulfide) groups is 1. The Morgan fingerprint density at radius 1 is 1.58 bits per heavy atom. The number of nitrogens with zero attached hydrogens (tertiary/aromatic N) is 1. The van der Waals surface area contributed by atoms with Crippen molar-refractivity contribution in [2.24, 2.45) is 0 Å². The van der Waals surface area contributed by atoms with Gasteiger partial charge >= 0.3 is 5.91 Å². The SMILES string of the molecule is [CH2]CC(=O)N1CCSC(=O)C1=O. The average molecular weight is 186 g/mol. The number of imide groups is 1. The summed E-state index contributed by atoms with van der Waals surface area (Å²) in [6.45, 7) is 3.68. The maximum absolute atomic E-state index is 11.0. The third-order valence-electron chi connectivity index (χ3n) is 1.48. The number of rotatable bonds is 1. The van der Waals surface area contributed by atoms with Crippen LogP contribution in [0.4, 0.5) is 0 Å². The molecule has 0 bridgehead atoms. The van der Waals surface area contributed by atoms with Crippen molar-refractivity contribution in [3.05, 3.63) is 6.92 Å². The molecule has 5 heteroatoms. The van der Waals surface area contributed by atoms with Gasteiger partial charge in [-0.05, 0) is 6.92 Å². The lowest BCUT2D eigenvalue weighted by molar-refractivity contribution is -0.148. The molecule has 0 aromatic carbocycles. The quantitative estimate of drug-likeness (QED) is 0.534. The highest BCUT2D eigenvalue weighted by molar-refractivity contribution is 8.15. The zero-order valence-corrected chi connectivity index (χ0v) is 7.23. The standard InChI is InChI=1S/C7H8NO3S/c1-2-5(9)8-3-4-12-7(11)6(8)10/h1-4H2. The van der Waals surface area contributed by atoms with Crippen molar-refractivity contribution in [3.63, 3.8) is 0 Å². The maximum atomic E-state index is 11.0. The van der Waals surface area contributed by atoms with Gasteiger partial charge in [-0.1, -0.05) is 11.8 Å². The Bertz CT molecular complexity index is 239.